The molecule has 0 spiro atoms. The van der Waals surface area contributed by atoms with Gasteiger partial charge in [0.2, 0.25) is 0 Å². The molecular formula is C19H17F3N2O2. The molecule has 0 aliphatic carbocycles. The van der Waals surface area contributed by atoms with E-state index in [-0.39, 0.29) is 0 Å². The van der Waals surface area contributed by atoms with Crippen LogP contribution in [0.4, 0.5) is 13.2 Å². The Hall–Kier alpha value is -2.83. The number of alkyl halides is 3. The molecular weight excluding hydrogens is 345 g/mol. The maximum Gasteiger partial charge on any atom is 0.416 e. The number of aromatic nitrogens is 2. The van der Waals surface area contributed by atoms with Crippen LogP contribution in [0.5, 0.6) is 0 Å². The minimum Gasteiger partial charge on any atom is -0.465 e. The molecule has 0 N–H and O–H groups in total. The fourth-order valence-corrected chi connectivity index (χ4v) is 2.97. The average molecular weight is 362 g/mol. The van der Waals surface area contributed by atoms with Gasteiger partial charge in [-0.25, -0.2) is 9.78 Å². The number of rotatable bonds is 4. The van der Waals surface area contributed by atoms with Gasteiger partial charge in [-0.2, -0.15) is 13.2 Å². The molecule has 0 unspecified atom stereocenters. The van der Waals surface area contributed by atoms with Gasteiger partial charge in [-0.1, -0.05) is 12.1 Å². The van der Waals surface area contributed by atoms with Crippen LogP contribution in [0.2, 0.25) is 0 Å². The highest BCUT2D eigenvalue weighted by Crippen LogP contribution is 2.30. The largest absolute Gasteiger partial charge is 0.465 e. The van der Waals surface area contributed by atoms with Gasteiger partial charge >= 0.3 is 12.1 Å². The van der Waals surface area contributed by atoms with Crippen molar-refractivity contribution in [2.75, 3.05) is 7.11 Å². The first-order valence-electron chi connectivity index (χ1n) is 8.06. The van der Waals surface area contributed by atoms with Gasteiger partial charge in [0.15, 0.2) is 0 Å². The molecule has 0 aliphatic rings. The lowest BCUT2D eigenvalue weighted by molar-refractivity contribution is -0.137. The number of ether oxygens (including phenoxy) is 1. The molecule has 26 heavy (non-hydrogen) atoms. The molecule has 0 saturated heterocycles. The van der Waals surface area contributed by atoms with Crippen molar-refractivity contribution < 1.29 is 22.7 Å². The summed E-state index contributed by atoms with van der Waals surface area (Å²) < 4.78 is 44.8. The van der Waals surface area contributed by atoms with Crippen LogP contribution >= 0.6 is 0 Å². The minimum absolute atomic E-state index is 0.384. The number of esters is 1. The van der Waals surface area contributed by atoms with Crippen molar-refractivity contribution in [3.05, 3.63) is 65.0 Å². The summed E-state index contributed by atoms with van der Waals surface area (Å²) >= 11 is 0. The second-order valence-corrected chi connectivity index (χ2v) is 5.86. The zero-order valence-electron chi connectivity index (χ0n) is 14.3. The van der Waals surface area contributed by atoms with E-state index in [1.807, 2.05) is 11.5 Å². The van der Waals surface area contributed by atoms with Gasteiger partial charge in [-0.3, -0.25) is 0 Å². The maximum atomic E-state index is 12.7. The van der Waals surface area contributed by atoms with Crippen molar-refractivity contribution in [1.82, 2.24) is 9.55 Å². The normalized spacial score (nSPS) is 11.7. The van der Waals surface area contributed by atoms with Gasteiger partial charge in [0.25, 0.3) is 0 Å². The van der Waals surface area contributed by atoms with Crippen LogP contribution in [0.15, 0.2) is 42.7 Å². The Balaban J connectivity index is 2.05. The summed E-state index contributed by atoms with van der Waals surface area (Å²) in [5.74, 6) is -0.469. The van der Waals surface area contributed by atoms with E-state index in [0.717, 1.165) is 17.7 Å². The molecule has 2 aromatic heterocycles. The molecule has 3 rings (SSSR count). The summed E-state index contributed by atoms with van der Waals surface area (Å²) in [7, 11) is 1.31. The van der Waals surface area contributed by atoms with E-state index in [1.54, 1.807) is 18.5 Å². The third kappa shape index (κ3) is 3.29. The van der Waals surface area contributed by atoms with Crippen molar-refractivity contribution in [1.29, 1.82) is 0 Å². The SMILES string of the molecule is CCn1cc(C(=O)OC)c2c(Cc3ccc(C(F)(F)F)cc3)ccnc21. The second-order valence-electron chi connectivity index (χ2n) is 5.86. The Morgan fingerprint density at radius 1 is 1.19 bits per heavy atom. The van der Waals surface area contributed by atoms with Crippen molar-refractivity contribution >= 4 is 17.0 Å². The Kier molecular flexibility index (Phi) is 4.71. The monoisotopic (exact) mass is 362 g/mol. The third-order valence-electron chi connectivity index (χ3n) is 4.27. The number of benzene rings is 1. The third-order valence-corrected chi connectivity index (χ3v) is 4.27. The Bertz CT molecular complexity index is 944. The highest BCUT2D eigenvalue weighted by molar-refractivity contribution is 6.04. The highest BCUT2D eigenvalue weighted by Gasteiger charge is 2.30. The number of aryl methyl sites for hydroxylation is 1. The topological polar surface area (TPSA) is 44.1 Å². The number of methoxy groups -OCH3 is 1. The van der Waals surface area contributed by atoms with Gasteiger partial charge in [-0.15, -0.1) is 0 Å². The van der Waals surface area contributed by atoms with E-state index < -0.39 is 17.7 Å². The molecule has 0 atom stereocenters. The highest BCUT2D eigenvalue weighted by atomic mass is 19.4. The first kappa shape index (κ1) is 18.0. The Labute approximate surface area is 148 Å². The molecule has 0 fully saturated rings. The standard InChI is InChI=1S/C19H17F3N2O2/c1-3-24-11-15(18(25)26-2)16-13(8-9-23-17(16)24)10-12-4-6-14(7-5-12)19(20,21)22/h4-9,11H,3,10H2,1-2H3. The molecule has 0 radical (unpaired) electrons. The quantitative estimate of drug-likeness (QED) is 0.644. The maximum absolute atomic E-state index is 12.7. The fraction of sp³-hybridized carbons (Fsp3) is 0.263. The van der Waals surface area contributed by atoms with Crippen molar-refractivity contribution in [3.8, 4) is 0 Å². The van der Waals surface area contributed by atoms with Crippen LogP contribution < -0.4 is 0 Å². The van der Waals surface area contributed by atoms with E-state index in [2.05, 4.69) is 4.98 Å². The molecule has 0 bridgehead atoms. The first-order valence-corrected chi connectivity index (χ1v) is 8.06. The zero-order chi connectivity index (χ0) is 18.9. The van der Waals surface area contributed by atoms with E-state index in [9.17, 15) is 18.0 Å². The number of carbonyl (C=O) groups is 1. The van der Waals surface area contributed by atoms with Crippen molar-refractivity contribution in [2.24, 2.45) is 0 Å². The van der Waals surface area contributed by atoms with Gasteiger partial charge in [0, 0.05) is 24.3 Å². The van der Waals surface area contributed by atoms with E-state index in [1.165, 1.54) is 19.2 Å². The first-order chi connectivity index (χ1) is 12.3. The van der Waals surface area contributed by atoms with Gasteiger partial charge < -0.3 is 9.30 Å². The lowest BCUT2D eigenvalue weighted by Crippen LogP contribution is -2.05. The molecule has 2 heterocycles. The predicted molar refractivity (Wildman–Crippen MR) is 91.0 cm³/mol. The zero-order valence-corrected chi connectivity index (χ0v) is 14.3. The summed E-state index contributed by atoms with van der Waals surface area (Å²) in [5.41, 5.74) is 1.89. The Morgan fingerprint density at radius 3 is 2.46 bits per heavy atom. The fourth-order valence-electron chi connectivity index (χ4n) is 2.97. The molecule has 1 aromatic carbocycles. The number of fused-ring (bicyclic) bond motifs is 1. The number of halogens is 3. The van der Waals surface area contributed by atoms with Crippen LogP contribution in [0, 0.1) is 0 Å². The van der Waals surface area contributed by atoms with Crippen molar-refractivity contribution in [3.63, 3.8) is 0 Å². The summed E-state index contributed by atoms with van der Waals surface area (Å²) in [5, 5.41) is 0.668. The molecule has 0 amide bonds. The van der Waals surface area contributed by atoms with Crippen LogP contribution in [0.1, 0.15) is 34.0 Å². The lowest BCUT2D eigenvalue weighted by atomic mass is 10.00. The van der Waals surface area contributed by atoms with E-state index in [4.69, 9.17) is 4.74 Å². The van der Waals surface area contributed by atoms with Crippen LogP contribution in [0.3, 0.4) is 0 Å². The molecule has 0 aliphatic heterocycles. The molecule has 3 aromatic rings. The number of hydrogen-bond acceptors (Lipinski definition) is 3. The summed E-state index contributed by atoms with van der Waals surface area (Å²) in [6.07, 6.45) is -0.650. The minimum atomic E-state index is -4.36. The Morgan fingerprint density at radius 2 is 1.88 bits per heavy atom. The number of pyridine rings is 1. The van der Waals surface area contributed by atoms with Crippen LogP contribution in [-0.4, -0.2) is 22.6 Å². The summed E-state index contributed by atoms with van der Waals surface area (Å²) in [6.45, 7) is 2.56. The molecule has 7 heteroatoms. The number of hydrogen-bond donors (Lipinski definition) is 0. The number of carbonyl (C=O) groups excluding carboxylic acids is 1. The van der Waals surface area contributed by atoms with Gasteiger partial charge in [0.05, 0.1) is 18.2 Å². The molecule has 136 valence electrons. The van der Waals surface area contributed by atoms with E-state index >= 15 is 0 Å². The van der Waals surface area contributed by atoms with Crippen molar-refractivity contribution in [2.45, 2.75) is 26.1 Å². The van der Waals surface area contributed by atoms with Crippen LogP contribution in [-0.2, 0) is 23.9 Å². The molecule has 0 saturated carbocycles. The number of nitrogens with zero attached hydrogens (tertiary/aromatic N) is 2. The molecule has 4 nitrogen and oxygen atoms in total. The van der Waals surface area contributed by atoms with E-state index in [0.29, 0.717) is 35.1 Å². The average Bonchev–Trinajstić information content (AvgIpc) is 3.00. The predicted octanol–water partition coefficient (Wildman–Crippen LogP) is 4.45. The second kappa shape index (κ2) is 6.82. The lowest BCUT2D eigenvalue weighted by Gasteiger charge is -2.09. The van der Waals surface area contributed by atoms with Gasteiger partial charge in [-0.05, 0) is 42.7 Å². The van der Waals surface area contributed by atoms with Crippen LogP contribution in [0.25, 0.3) is 11.0 Å². The smallest absolute Gasteiger partial charge is 0.416 e. The summed E-state index contributed by atoms with van der Waals surface area (Å²) in [6, 6.07) is 6.79. The summed E-state index contributed by atoms with van der Waals surface area (Å²) in [4.78, 5) is 16.5. The van der Waals surface area contributed by atoms with Gasteiger partial charge in [0.1, 0.15) is 5.65 Å².